The number of methoxy groups -OCH3 is 1. The molecule has 2 amide bonds. The number of carbonyl (C=O) groups excluding carboxylic acids is 1. The summed E-state index contributed by atoms with van der Waals surface area (Å²) in [7, 11) is 1.60. The van der Waals surface area contributed by atoms with Gasteiger partial charge < -0.3 is 25.6 Å². The summed E-state index contributed by atoms with van der Waals surface area (Å²) in [6, 6.07) is -0.488. The van der Waals surface area contributed by atoms with Crippen molar-refractivity contribution in [3.05, 3.63) is 0 Å². The Hall–Kier alpha value is -1.34. The van der Waals surface area contributed by atoms with Crippen molar-refractivity contribution in [2.24, 2.45) is 0 Å². The number of nitrogens with one attached hydrogen (secondary N) is 2. The Balaban J connectivity index is 3.41. The van der Waals surface area contributed by atoms with Crippen molar-refractivity contribution in [3.63, 3.8) is 0 Å². The molecule has 0 bridgehead atoms. The predicted molar refractivity (Wildman–Crippen MR) is 56.2 cm³/mol. The molecule has 94 valence electrons. The van der Waals surface area contributed by atoms with E-state index in [1.54, 1.807) is 7.11 Å². The fourth-order valence-electron chi connectivity index (χ4n) is 0.913. The Morgan fingerprint density at radius 1 is 1.31 bits per heavy atom. The zero-order valence-electron chi connectivity index (χ0n) is 9.23. The van der Waals surface area contributed by atoms with Crippen LogP contribution < -0.4 is 10.6 Å². The zero-order valence-corrected chi connectivity index (χ0v) is 9.23. The Bertz CT molecular complexity index is 222. The summed E-state index contributed by atoms with van der Waals surface area (Å²) in [4.78, 5) is 21.3. The van der Waals surface area contributed by atoms with E-state index in [0.717, 1.165) is 12.8 Å². The van der Waals surface area contributed by atoms with Crippen molar-refractivity contribution in [1.82, 2.24) is 10.6 Å². The second kappa shape index (κ2) is 8.93. The average Bonchev–Trinajstić information content (AvgIpc) is 2.25. The fraction of sp³-hybridized carbons (Fsp3) is 0.778. The summed E-state index contributed by atoms with van der Waals surface area (Å²) >= 11 is 0. The van der Waals surface area contributed by atoms with Crippen LogP contribution in [0.1, 0.15) is 12.8 Å². The van der Waals surface area contributed by atoms with Gasteiger partial charge in [0.25, 0.3) is 0 Å². The Labute approximate surface area is 93.8 Å². The number of rotatable bonds is 8. The highest BCUT2D eigenvalue weighted by molar-refractivity contribution is 5.76. The highest BCUT2D eigenvalue weighted by Gasteiger charge is 2.13. The molecule has 0 radical (unpaired) electrons. The number of carboxylic acid groups (broad SMARTS) is 1. The van der Waals surface area contributed by atoms with Gasteiger partial charge in [-0.3, -0.25) is 0 Å². The van der Waals surface area contributed by atoms with E-state index in [-0.39, 0.29) is 6.54 Å². The molecule has 0 aromatic heterocycles. The van der Waals surface area contributed by atoms with Crippen LogP contribution in [0.3, 0.4) is 0 Å². The molecule has 0 aliphatic carbocycles. The van der Waals surface area contributed by atoms with Crippen LogP contribution in [0.25, 0.3) is 0 Å². The lowest BCUT2D eigenvalue weighted by atomic mass is 10.3. The smallest absolute Gasteiger partial charge is 0.334 e. The van der Waals surface area contributed by atoms with Crippen LogP contribution in [0.2, 0.25) is 0 Å². The lowest BCUT2D eigenvalue weighted by molar-refractivity contribution is -0.146. The maximum Gasteiger partial charge on any atom is 0.334 e. The average molecular weight is 234 g/mol. The van der Waals surface area contributed by atoms with Gasteiger partial charge in [0.05, 0.1) is 6.54 Å². The van der Waals surface area contributed by atoms with Crippen LogP contribution in [-0.4, -0.2) is 55.1 Å². The third kappa shape index (κ3) is 8.01. The van der Waals surface area contributed by atoms with Gasteiger partial charge in [0.1, 0.15) is 0 Å². The first-order valence-corrected chi connectivity index (χ1v) is 4.99. The quantitative estimate of drug-likeness (QED) is 0.409. The molecule has 0 aromatic rings. The van der Waals surface area contributed by atoms with E-state index in [2.05, 4.69) is 10.6 Å². The minimum absolute atomic E-state index is 0.306. The molecule has 0 unspecified atom stereocenters. The Morgan fingerprint density at radius 3 is 2.56 bits per heavy atom. The van der Waals surface area contributed by atoms with Gasteiger partial charge in [0.2, 0.25) is 0 Å². The molecule has 0 heterocycles. The number of hydrogen-bond donors (Lipinski definition) is 4. The van der Waals surface area contributed by atoms with Crippen LogP contribution in [0, 0.1) is 0 Å². The van der Waals surface area contributed by atoms with E-state index in [1.807, 2.05) is 0 Å². The molecule has 0 aliphatic rings. The van der Waals surface area contributed by atoms with Crippen molar-refractivity contribution in [3.8, 4) is 0 Å². The topological polar surface area (TPSA) is 108 Å². The van der Waals surface area contributed by atoms with Crippen LogP contribution >= 0.6 is 0 Å². The number of aliphatic hydroxyl groups excluding tert-OH is 1. The summed E-state index contributed by atoms with van der Waals surface area (Å²) in [6.07, 6.45) is 0.0521. The number of unbranched alkanes of at least 4 members (excludes halogenated alkanes) is 1. The molecular weight excluding hydrogens is 216 g/mol. The van der Waals surface area contributed by atoms with Crippen LogP contribution in [0.5, 0.6) is 0 Å². The van der Waals surface area contributed by atoms with Gasteiger partial charge >= 0.3 is 12.0 Å². The van der Waals surface area contributed by atoms with E-state index >= 15 is 0 Å². The van der Waals surface area contributed by atoms with Crippen molar-refractivity contribution >= 4 is 12.0 Å². The van der Waals surface area contributed by atoms with Gasteiger partial charge in [-0.05, 0) is 12.8 Å². The molecule has 0 aliphatic heterocycles. The predicted octanol–water partition coefficient (Wildman–Crippen LogP) is -0.842. The number of aliphatic hydroxyl groups is 1. The van der Waals surface area contributed by atoms with Gasteiger partial charge in [-0.15, -0.1) is 0 Å². The molecule has 4 N–H and O–H groups in total. The highest BCUT2D eigenvalue weighted by atomic mass is 16.5. The third-order valence-corrected chi connectivity index (χ3v) is 1.80. The maximum absolute atomic E-state index is 11.0. The van der Waals surface area contributed by atoms with E-state index < -0.39 is 18.1 Å². The number of carboxylic acids is 1. The SMILES string of the molecule is COCCCCNC(=O)NC[C@H](O)C(=O)O. The molecule has 0 saturated carbocycles. The summed E-state index contributed by atoms with van der Waals surface area (Å²) < 4.78 is 4.83. The number of urea groups is 1. The Morgan fingerprint density at radius 2 is 2.00 bits per heavy atom. The molecule has 16 heavy (non-hydrogen) atoms. The van der Waals surface area contributed by atoms with Crippen molar-refractivity contribution in [2.45, 2.75) is 18.9 Å². The molecule has 0 rings (SSSR count). The summed E-state index contributed by atoms with van der Waals surface area (Å²) in [5.74, 6) is -1.36. The van der Waals surface area contributed by atoms with E-state index in [0.29, 0.717) is 13.2 Å². The second-order valence-corrected chi connectivity index (χ2v) is 3.19. The molecule has 1 atom stereocenters. The fourth-order valence-corrected chi connectivity index (χ4v) is 0.913. The summed E-state index contributed by atoms with van der Waals surface area (Å²) in [5, 5.41) is 22.0. The molecule has 0 spiro atoms. The third-order valence-electron chi connectivity index (χ3n) is 1.80. The summed E-state index contributed by atoms with van der Waals surface area (Å²) in [6.45, 7) is 0.818. The van der Waals surface area contributed by atoms with Crippen LogP contribution in [-0.2, 0) is 9.53 Å². The summed E-state index contributed by atoms with van der Waals surface area (Å²) in [5.41, 5.74) is 0. The van der Waals surface area contributed by atoms with Crippen LogP contribution in [0.4, 0.5) is 4.79 Å². The molecule has 0 aromatic carbocycles. The van der Waals surface area contributed by atoms with Gasteiger partial charge in [-0.25, -0.2) is 9.59 Å². The van der Waals surface area contributed by atoms with Gasteiger partial charge in [-0.1, -0.05) is 0 Å². The molecule has 0 saturated heterocycles. The lowest BCUT2D eigenvalue weighted by Crippen LogP contribution is -2.42. The van der Waals surface area contributed by atoms with Gasteiger partial charge in [-0.2, -0.15) is 0 Å². The van der Waals surface area contributed by atoms with E-state index in [9.17, 15) is 9.59 Å². The minimum Gasteiger partial charge on any atom is -0.479 e. The largest absolute Gasteiger partial charge is 0.479 e. The van der Waals surface area contributed by atoms with Crippen molar-refractivity contribution in [2.75, 3.05) is 26.8 Å². The normalized spacial score (nSPS) is 11.9. The molecule has 0 fully saturated rings. The van der Waals surface area contributed by atoms with Gasteiger partial charge in [0, 0.05) is 20.3 Å². The number of carbonyl (C=O) groups is 2. The maximum atomic E-state index is 11.0. The highest BCUT2D eigenvalue weighted by Crippen LogP contribution is 1.86. The first-order chi connectivity index (χ1) is 7.57. The monoisotopic (exact) mass is 234 g/mol. The van der Waals surface area contributed by atoms with Crippen LogP contribution in [0.15, 0.2) is 0 Å². The van der Waals surface area contributed by atoms with Crippen molar-refractivity contribution < 1.29 is 24.5 Å². The zero-order chi connectivity index (χ0) is 12.4. The van der Waals surface area contributed by atoms with E-state index in [4.69, 9.17) is 14.9 Å². The first-order valence-electron chi connectivity index (χ1n) is 4.99. The van der Waals surface area contributed by atoms with Crippen molar-refractivity contribution in [1.29, 1.82) is 0 Å². The molecular formula is C9H18N2O5. The van der Waals surface area contributed by atoms with E-state index in [1.165, 1.54) is 0 Å². The van der Waals surface area contributed by atoms with Gasteiger partial charge in [0.15, 0.2) is 6.10 Å². The lowest BCUT2D eigenvalue weighted by Gasteiger charge is -2.09. The molecule has 7 nitrogen and oxygen atoms in total. The first kappa shape index (κ1) is 14.7. The second-order valence-electron chi connectivity index (χ2n) is 3.19. The number of ether oxygens (including phenoxy) is 1. The number of amides is 2. The number of aliphatic carboxylic acids is 1. The number of hydrogen-bond acceptors (Lipinski definition) is 4. The molecule has 7 heteroatoms. The standard InChI is InChI=1S/C9H18N2O5/c1-16-5-3-2-4-10-9(15)11-6-7(12)8(13)14/h7,12H,2-6H2,1H3,(H,13,14)(H2,10,11,15)/t7-/m0/s1. The minimum atomic E-state index is -1.57. The Kier molecular flexibility index (Phi) is 8.18.